The van der Waals surface area contributed by atoms with E-state index < -0.39 is 0 Å². The maximum atomic E-state index is 6.01. The van der Waals surface area contributed by atoms with Gasteiger partial charge in [-0.2, -0.15) is 0 Å². The standard InChI is InChI=1S/C18H23ClO2/c1-3-14-13-17(21-12-8-4-7-11-19)15-9-5-6-10-16(15)18(14)20-2/h5-6,9-10,13H,3-4,7-8,11-12H2,1-2H3. The number of rotatable bonds is 8. The van der Waals surface area contributed by atoms with Gasteiger partial charge in [0.05, 0.1) is 13.7 Å². The summed E-state index contributed by atoms with van der Waals surface area (Å²) in [7, 11) is 1.73. The maximum Gasteiger partial charge on any atom is 0.130 e. The minimum absolute atomic E-state index is 0.728. The van der Waals surface area contributed by atoms with Crippen molar-refractivity contribution in [3.05, 3.63) is 35.9 Å². The first kappa shape index (κ1) is 16.0. The lowest BCUT2D eigenvalue weighted by Gasteiger charge is -2.15. The van der Waals surface area contributed by atoms with Gasteiger partial charge >= 0.3 is 0 Å². The van der Waals surface area contributed by atoms with E-state index in [1.807, 2.05) is 12.1 Å². The number of methoxy groups -OCH3 is 1. The lowest BCUT2D eigenvalue weighted by molar-refractivity contribution is 0.309. The van der Waals surface area contributed by atoms with Crippen molar-refractivity contribution in [2.24, 2.45) is 0 Å². The minimum Gasteiger partial charge on any atom is -0.496 e. The zero-order valence-electron chi connectivity index (χ0n) is 12.8. The van der Waals surface area contributed by atoms with Crippen LogP contribution in [0.15, 0.2) is 30.3 Å². The number of halogens is 1. The molecule has 21 heavy (non-hydrogen) atoms. The number of hydrogen-bond donors (Lipinski definition) is 0. The molecule has 2 aromatic rings. The number of hydrogen-bond acceptors (Lipinski definition) is 2. The SMILES string of the molecule is CCc1cc(OCCCCCCl)c2ccccc2c1OC. The van der Waals surface area contributed by atoms with E-state index in [9.17, 15) is 0 Å². The molecule has 0 radical (unpaired) electrons. The molecule has 0 saturated carbocycles. The smallest absolute Gasteiger partial charge is 0.130 e. The number of ether oxygens (including phenoxy) is 2. The molecule has 2 aromatic carbocycles. The number of aryl methyl sites for hydroxylation is 1. The van der Waals surface area contributed by atoms with Crippen LogP contribution in [0, 0.1) is 0 Å². The lowest BCUT2D eigenvalue weighted by Crippen LogP contribution is -2.00. The summed E-state index contributed by atoms with van der Waals surface area (Å²) >= 11 is 5.69. The van der Waals surface area contributed by atoms with Crippen LogP contribution in [0.25, 0.3) is 10.8 Å². The zero-order valence-corrected chi connectivity index (χ0v) is 13.6. The first-order valence-electron chi connectivity index (χ1n) is 7.59. The molecule has 0 bridgehead atoms. The van der Waals surface area contributed by atoms with Crippen molar-refractivity contribution in [2.45, 2.75) is 32.6 Å². The molecule has 0 aliphatic rings. The van der Waals surface area contributed by atoms with Crippen LogP contribution in [0.1, 0.15) is 31.7 Å². The van der Waals surface area contributed by atoms with Gasteiger partial charge in [-0.15, -0.1) is 11.6 Å². The van der Waals surface area contributed by atoms with Gasteiger partial charge in [0.15, 0.2) is 0 Å². The average molecular weight is 307 g/mol. The van der Waals surface area contributed by atoms with E-state index in [0.29, 0.717) is 0 Å². The molecule has 0 unspecified atom stereocenters. The third kappa shape index (κ3) is 3.82. The van der Waals surface area contributed by atoms with Gasteiger partial charge in [-0.05, 0) is 37.3 Å². The predicted octanol–water partition coefficient (Wildman–Crippen LogP) is 5.20. The van der Waals surface area contributed by atoms with Gasteiger partial charge in [0.25, 0.3) is 0 Å². The number of unbranched alkanes of at least 4 members (excludes halogenated alkanes) is 2. The summed E-state index contributed by atoms with van der Waals surface area (Å²) in [5.74, 6) is 2.64. The second-order valence-electron chi connectivity index (χ2n) is 5.06. The van der Waals surface area contributed by atoms with Crippen LogP contribution in [0.3, 0.4) is 0 Å². The highest BCUT2D eigenvalue weighted by molar-refractivity contribution is 6.17. The summed E-state index contributed by atoms with van der Waals surface area (Å²) in [5.41, 5.74) is 1.19. The fourth-order valence-electron chi connectivity index (χ4n) is 2.55. The van der Waals surface area contributed by atoms with Crippen molar-refractivity contribution in [3.8, 4) is 11.5 Å². The molecular formula is C18H23ClO2. The molecule has 0 amide bonds. The normalized spacial score (nSPS) is 10.8. The molecule has 0 aromatic heterocycles. The molecular weight excluding hydrogens is 284 g/mol. The van der Waals surface area contributed by atoms with Gasteiger partial charge in [-0.1, -0.05) is 31.2 Å². The van der Waals surface area contributed by atoms with Crippen molar-refractivity contribution in [2.75, 3.05) is 19.6 Å². The molecule has 0 spiro atoms. The summed E-state index contributed by atoms with van der Waals surface area (Å²) in [6, 6.07) is 10.4. The second kappa shape index (κ2) is 8.14. The summed E-state index contributed by atoms with van der Waals surface area (Å²) in [5, 5.41) is 2.24. The van der Waals surface area contributed by atoms with E-state index in [1.165, 1.54) is 5.56 Å². The molecule has 3 heteroatoms. The van der Waals surface area contributed by atoms with Gasteiger partial charge in [0, 0.05) is 16.7 Å². The Labute approximate surface area is 132 Å². The molecule has 0 heterocycles. The Morgan fingerprint density at radius 3 is 2.48 bits per heavy atom. The topological polar surface area (TPSA) is 18.5 Å². The van der Waals surface area contributed by atoms with E-state index in [0.717, 1.165) is 60.4 Å². The van der Waals surface area contributed by atoms with Crippen LogP contribution in [-0.2, 0) is 6.42 Å². The fourth-order valence-corrected chi connectivity index (χ4v) is 2.74. The molecule has 0 aliphatic carbocycles. The van der Waals surface area contributed by atoms with Crippen LogP contribution in [0.5, 0.6) is 11.5 Å². The van der Waals surface area contributed by atoms with Crippen molar-refractivity contribution in [1.29, 1.82) is 0 Å². The molecule has 0 fully saturated rings. The van der Waals surface area contributed by atoms with Crippen LogP contribution >= 0.6 is 11.6 Å². The Hall–Kier alpha value is -1.41. The van der Waals surface area contributed by atoms with Gasteiger partial charge in [-0.25, -0.2) is 0 Å². The number of alkyl halides is 1. The maximum absolute atomic E-state index is 6.01. The fraction of sp³-hybridized carbons (Fsp3) is 0.444. The zero-order chi connectivity index (χ0) is 15.1. The summed E-state index contributed by atoms with van der Waals surface area (Å²) < 4.78 is 11.6. The van der Waals surface area contributed by atoms with Crippen LogP contribution in [0.4, 0.5) is 0 Å². The average Bonchev–Trinajstić information content (AvgIpc) is 2.53. The highest BCUT2D eigenvalue weighted by Crippen LogP contribution is 2.37. The van der Waals surface area contributed by atoms with Gasteiger partial charge in [-0.3, -0.25) is 0 Å². The number of benzene rings is 2. The first-order valence-corrected chi connectivity index (χ1v) is 8.12. The van der Waals surface area contributed by atoms with E-state index in [4.69, 9.17) is 21.1 Å². The Morgan fingerprint density at radius 2 is 1.81 bits per heavy atom. The minimum atomic E-state index is 0.728. The van der Waals surface area contributed by atoms with Gasteiger partial charge in [0.1, 0.15) is 11.5 Å². The van der Waals surface area contributed by atoms with E-state index >= 15 is 0 Å². The van der Waals surface area contributed by atoms with Crippen molar-refractivity contribution in [1.82, 2.24) is 0 Å². The third-order valence-electron chi connectivity index (χ3n) is 3.65. The summed E-state index contributed by atoms with van der Waals surface area (Å²) in [6.07, 6.45) is 4.12. The Balaban J connectivity index is 2.26. The predicted molar refractivity (Wildman–Crippen MR) is 89.9 cm³/mol. The largest absolute Gasteiger partial charge is 0.496 e. The second-order valence-corrected chi connectivity index (χ2v) is 5.44. The molecule has 0 aliphatic heterocycles. The molecule has 0 N–H and O–H groups in total. The molecule has 0 saturated heterocycles. The van der Waals surface area contributed by atoms with Crippen LogP contribution in [0.2, 0.25) is 0 Å². The molecule has 0 atom stereocenters. The monoisotopic (exact) mass is 306 g/mol. The Morgan fingerprint density at radius 1 is 1.05 bits per heavy atom. The van der Waals surface area contributed by atoms with Crippen molar-refractivity contribution in [3.63, 3.8) is 0 Å². The first-order chi connectivity index (χ1) is 10.3. The van der Waals surface area contributed by atoms with Crippen molar-refractivity contribution >= 4 is 22.4 Å². The van der Waals surface area contributed by atoms with Crippen molar-refractivity contribution < 1.29 is 9.47 Å². The van der Waals surface area contributed by atoms with E-state index in [-0.39, 0.29) is 0 Å². The third-order valence-corrected chi connectivity index (χ3v) is 3.92. The molecule has 2 nitrogen and oxygen atoms in total. The quantitative estimate of drug-likeness (QED) is 0.493. The van der Waals surface area contributed by atoms with Gasteiger partial charge < -0.3 is 9.47 Å². The highest BCUT2D eigenvalue weighted by atomic mass is 35.5. The molecule has 114 valence electrons. The summed E-state index contributed by atoms with van der Waals surface area (Å²) in [6.45, 7) is 2.87. The number of fused-ring (bicyclic) bond motifs is 1. The Kier molecular flexibility index (Phi) is 6.19. The summed E-state index contributed by atoms with van der Waals surface area (Å²) in [4.78, 5) is 0. The van der Waals surface area contributed by atoms with E-state index in [2.05, 4.69) is 25.1 Å². The Bertz CT molecular complexity index is 581. The van der Waals surface area contributed by atoms with Gasteiger partial charge in [0.2, 0.25) is 0 Å². The van der Waals surface area contributed by atoms with Crippen LogP contribution in [-0.4, -0.2) is 19.6 Å². The lowest BCUT2D eigenvalue weighted by atomic mass is 10.0. The highest BCUT2D eigenvalue weighted by Gasteiger charge is 2.12. The molecule has 2 rings (SSSR count). The van der Waals surface area contributed by atoms with E-state index in [1.54, 1.807) is 7.11 Å². The van der Waals surface area contributed by atoms with Crippen LogP contribution < -0.4 is 9.47 Å².